The minimum absolute atomic E-state index is 0.145. The van der Waals surface area contributed by atoms with Crippen LogP contribution < -0.4 is 0 Å². The average molecular weight is 391 g/mol. The first-order valence-electron chi connectivity index (χ1n) is 4.33. The van der Waals surface area contributed by atoms with Crippen molar-refractivity contribution >= 4 is 43.3 Å². The number of ketones is 1. The van der Waals surface area contributed by atoms with Gasteiger partial charge in [-0.3, -0.25) is 14.9 Å². The van der Waals surface area contributed by atoms with Gasteiger partial charge in [-0.15, -0.1) is 0 Å². The average Bonchev–Trinajstić information content (AvgIpc) is 2.25. The quantitative estimate of drug-likeness (QED) is 0.340. The molecule has 0 spiro atoms. The Hall–Kier alpha value is -0.960. The maximum atomic E-state index is 12.6. The molecule has 0 unspecified atom stereocenters. The van der Waals surface area contributed by atoms with Crippen molar-refractivity contribution in [1.29, 1.82) is 0 Å². The molecule has 0 aromatic heterocycles. The van der Waals surface area contributed by atoms with Crippen LogP contribution >= 0.6 is 31.9 Å². The van der Waals surface area contributed by atoms with Crippen LogP contribution in [-0.4, -0.2) is 16.0 Å². The lowest BCUT2D eigenvalue weighted by atomic mass is 10.1. The van der Waals surface area contributed by atoms with Crippen LogP contribution in [0.15, 0.2) is 16.6 Å². The zero-order valence-electron chi connectivity index (χ0n) is 8.42. The highest BCUT2D eigenvalue weighted by Crippen LogP contribution is 2.41. The number of nitrogens with zero attached hydrogens (tertiary/aromatic N) is 1. The summed E-state index contributed by atoms with van der Waals surface area (Å²) in [5.41, 5.74) is -2.73. The highest BCUT2D eigenvalue weighted by Gasteiger charge is 2.40. The molecule has 0 saturated carbocycles. The molecular formula is C9H4Br2F3NO3. The van der Waals surface area contributed by atoms with E-state index in [-0.39, 0.29) is 10.9 Å². The molecule has 0 aliphatic carbocycles. The van der Waals surface area contributed by atoms with Gasteiger partial charge in [-0.25, -0.2) is 0 Å². The van der Waals surface area contributed by atoms with Crippen molar-refractivity contribution in [2.24, 2.45) is 0 Å². The molecule has 0 radical (unpaired) electrons. The fourth-order valence-corrected chi connectivity index (χ4v) is 2.27. The lowest BCUT2D eigenvalue weighted by Gasteiger charge is -2.10. The van der Waals surface area contributed by atoms with E-state index in [1.165, 1.54) is 0 Å². The van der Waals surface area contributed by atoms with Crippen LogP contribution in [0.4, 0.5) is 18.9 Å². The third kappa shape index (κ3) is 2.89. The second kappa shape index (κ2) is 5.35. The number of carbonyl (C=O) groups is 1. The number of Topliss-reactive ketones (excluding diaryl/α,β-unsaturated/α-hetero) is 1. The number of carbonyl (C=O) groups excluding carboxylic acids is 1. The smallest absolute Gasteiger partial charge is 0.293 e. The first-order chi connectivity index (χ1) is 8.20. The molecule has 1 aromatic rings. The van der Waals surface area contributed by atoms with E-state index in [2.05, 4.69) is 31.9 Å². The Morgan fingerprint density at radius 3 is 2.33 bits per heavy atom. The fraction of sp³-hybridized carbons (Fsp3) is 0.222. The van der Waals surface area contributed by atoms with Gasteiger partial charge < -0.3 is 0 Å². The van der Waals surface area contributed by atoms with Gasteiger partial charge in [0.2, 0.25) is 0 Å². The Labute approximate surface area is 116 Å². The summed E-state index contributed by atoms with van der Waals surface area (Å²) < 4.78 is 37.3. The minimum Gasteiger partial charge on any atom is -0.293 e. The molecule has 0 amide bonds. The molecule has 0 heterocycles. The third-order valence-electron chi connectivity index (χ3n) is 2.03. The van der Waals surface area contributed by atoms with E-state index in [0.29, 0.717) is 6.07 Å². The van der Waals surface area contributed by atoms with Crippen LogP contribution in [-0.2, 0) is 6.18 Å². The first-order valence-corrected chi connectivity index (χ1v) is 6.24. The molecule has 18 heavy (non-hydrogen) atoms. The molecule has 4 nitrogen and oxygen atoms in total. The van der Waals surface area contributed by atoms with Crippen molar-refractivity contribution in [3.8, 4) is 0 Å². The van der Waals surface area contributed by atoms with Crippen molar-refractivity contribution in [2.75, 3.05) is 5.33 Å². The summed E-state index contributed by atoms with van der Waals surface area (Å²) in [6.45, 7) is 0. The van der Waals surface area contributed by atoms with Gasteiger partial charge in [-0.2, -0.15) is 13.2 Å². The molecule has 98 valence electrons. The summed E-state index contributed by atoms with van der Waals surface area (Å²) in [6, 6.07) is 1.43. The van der Waals surface area contributed by atoms with Gasteiger partial charge >= 0.3 is 6.18 Å². The lowest BCUT2D eigenvalue weighted by Crippen LogP contribution is -2.12. The molecule has 0 aliphatic rings. The van der Waals surface area contributed by atoms with E-state index in [9.17, 15) is 28.1 Å². The number of benzene rings is 1. The van der Waals surface area contributed by atoms with Crippen molar-refractivity contribution < 1.29 is 22.9 Å². The second-order valence-electron chi connectivity index (χ2n) is 3.13. The van der Waals surface area contributed by atoms with Crippen LogP contribution in [0.5, 0.6) is 0 Å². The van der Waals surface area contributed by atoms with E-state index in [1.54, 1.807) is 0 Å². The van der Waals surface area contributed by atoms with Gasteiger partial charge in [0.25, 0.3) is 5.69 Å². The van der Waals surface area contributed by atoms with Gasteiger partial charge in [-0.1, -0.05) is 15.9 Å². The number of nitro benzene ring substituents is 1. The molecule has 9 heteroatoms. The zero-order valence-corrected chi connectivity index (χ0v) is 11.6. The van der Waals surface area contributed by atoms with E-state index in [4.69, 9.17) is 0 Å². The van der Waals surface area contributed by atoms with Crippen molar-refractivity contribution in [2.45, 2.75) is 6.18 Å². The predicted octanol–water partition coefficient (Wildman–Crippen LogP) is 3.95. The van der Waals surface area contributed by atoms with E-state index >= 15 is 0 Å². The number of hydrogen-bond donors (Lipinski definition) is 0. The third-order valence-corrected chi connectivity index (χ3v) is 3.34. The summed E-state index contributed by atoms with van der Waals surface area (Å²) in [5.74, 6) is -0.557. The largest absolute Gasteiger partial charge is 0.423 e. The van der Waals surface area contributed by atoms with E-state index in [0.717, 1.165) is 6.07 Å². The summed E-state index contributed by atoms with van der Waals surface area (Å²) in [5, 5.41) is 10.6. The zero-order chi connectivity index (χ0) is 14.1. The van der Waals surface area contributed by atoms with E-state index in [1.807, 2.05) is 0 Å². The normalized spacial score (nSPS) is 11.4. The Morgan fingerprint density at radius 1 is 1.39 bits per heavy atom. The summed E-state index contributed by atoms with van der Waals surface area (Å²) >= 11 is 5.53. The highest BCUT2D eigenvalue weighted by molar-refractivity contribution is 9.10. The van der Waals surface area contributed by atoms with Crippen molar-refractivity contribution in [1.82, 2.24) is 0 Å². The van der Waals surface area contributed by atoms with Gasteiger partial charge in [0.15, 0.2) is 5.78 Å². The molecule has 1 aromatic carbocycles. The van der Waals surface area contributed by atoms with Gasteiger partial charge in [-0.05, 0) is 28.1 Å². The minimum atomic E-state index is -4.86. The number of alkyl halides is 4. The van der Waals surface area contributed by atoms with E-state index < -0.39 is 32.6 Å². The molecule has 0 fully saturated rings. The maximum Gasteiger partial charge on any atom is 0.423 e. The Balaban J connectivity index is 3.58. The number of hydrogen-bond acceptors (Lipinski definition) is 3. The topological polar surface area (TPSA) is 60.2 Å². The summed E-state index contributed by atoms with van der Waals surface area (Å²) in [6.07, 6.45) is -4.86. The SMILES string of the molecule is O=C(CBr)c1ccc(C(F)(F)F)c([N+](=O)[O-])c1Br. The Morgan fingerprint density at radius 2 is 1.94 bits per heavy atom. The predicted molar refractivity (Wildman–Crippen MR) is 63.9 cm³/mol. The van der Waals surface area contributed by atoms with Crippen LogP contribution in [0, 0.1) is 10.1 Å². The fourth-order valence-electron chi connectivity index (χ4n) is 1.26. The molecular weight excluding hydrogens is 387 g/mol. The molecule has 0 aliphatic heterocycles. The maximum absolute atomic E-state index is 12.6. The van der Waals surface area contributed by atoms with Crippen molar-refractivity contribution in [3.63, 3.8) is 0 Å². The van der Waals surface area contributed by atoms with Gasteiger partial charge in [0.1, 0.15) is 10.0 Å². The Kier molecular flexibility index (Phi) is 4.49. The lowest BCUT2D eigenvalue weighted by molar-refractivity contribution is -0.388. The molecule has 1 rings (SSSR count). The first kappa shape index (κ1) is 15.1. The second-order valence-corrected chi connectivity index (χ2v) is 4.49. The number of rotatable bonds is 3. The molecule has 0 atom stereocenters. The molecule has 0 N–H and O–H groups in total. The van der Waals surface area contributed by atoms with Crippen LogP contribution in [0.3, 0.4) is 0 Å². The van der Waals surface area contributed by atoms with Crippen LogP contribution in [0.1, 0.15) is 15.9 Å². The molecule has 0 saturated heterocycles. The number of halogens is 5. The Bertz CT molecular complexity index is 517. The monoisotopic (exact) mass is 389 g/mol. The van der Waals surface area contributed by atoms with Gasteiger partial charge in [0, 0.05) is 5.56 Å². The molecule has 0 bridgehead atoms. The van der Waals surface area contributed by atoms with Crippen LogP contribution in [0.25, 0.3) is 0 Å². The van der Waals surface area contributed by atoms with Crippen LogP contribution in [0.2, 0.25) is 0 Å². The summed E-state index contributed by atoms with van der Waals surface area (Å²) in [4.78, 5) is 20.9. The standard InChI is InChI=1S/C9H4Br2F3NO3/c10-3-6(16)4-1-2-5(9(12,13)14)8(7(4)11)15(17)18/h1-2H,3H2. The number of nitro groups is 1. The van der Waals surface area contributed by atoms with Gasteiger partial charge in [0.05, 0.1) is 10.3 Å². The van der Waals surface area contributed by atoms with Crippen molar-refractivity contribution in [3.05, 3.63) is 37.8 Å². The summed E-state index contributed by atoms with van der Waals surface area (Å²) in [7, 11) is 0. The highest BCUT2D eigenvalue weighted by atomic mass is 79.9.